The van der Waals surface area contributed by atoms with Crippen LogP contribution in [0.15, 0.2) is 53.0 Å². The highest BCUT2D eigenvalue weighted by atomic mass is 79.9. The van der Waals surface area contributed by atoms with Crippen molar-refractivity contribution in [3.8, 4) is 0 Å². The molecule has 2 aromatic carbocycles. The molecule has 3 aromatic rings. The number of benzene rings is 2. The van der Waals surface area contributed by atoms with E-state index in [9.17, 15) is 4.79 Å². The minimum absolute atomic E-state index is 0.0389. The Kier molecular flexibility index (Phi) is 4.76. The average molecular weight is 372 g/mol. The molecule has 0 spiro atoms. The molecular weight excluding hydrogens is 354 g/mol. The molecule has 0 aliphatic heterocycles. The third kappa shape index (κ3) is 3.79. The maximum atomic E-state index is 12.0. The zero-order valence-electron chi connectivity index (χ0n) is 12.9. The summed E-state index contributed by atoms with van der Waals surface area (Å²) in [5.41, 5.74) is 3.18. The van der Waals surface area contributed by atoms with Crippen molar-refractivity contribution in [2.75, 3.05) is 0 Å². The van der Waals surface area contributed by atoms with E-state index in [4.69, 9.17) is 0 Å². The van der Waals surface area contributed by atoms with Crippen molar-refractivity contribution in [2.45, 2.75) is 19.4 Å². The molecule has 118 valence electrons. The van der Waals surface area contributed by atoms with Gasteiger partial charge in [-0.15, -0.1) is 0 Å². The number of carbonyl (C=O) groups is 1. The predicted octanol–water partition coefficient (Wildman–Crippen LogP) is 3.58. The summed E-state index contributed by atoms with van der Waals surface area (Å²) in [6.45, 7) is 0.447. The van der Waals surface area contributed by atoms with E-state index in [-0.39, 0.29) is 5.91 Å². The fraction of sp³-hybridized carbons (Fsp3) is 0.222. The molecule has 0 atom stereocenters. The van der Waals surface area contributed by atoms with E-state index < -0.39 is 0 Å². The van der Waals surface area contributed by atoms with Crippen LogP contribution in [0.5, 0.6) is 0 Å². The van der Waals surface area contributed by atoms with Gasteiger partial charge in [-0.05, 0) is 36.2 Å². The number of fused-ring (bicyclic) bond motifs is 1. The summed E-state index contributed by atoms with van der Waals surface area (Å²) in [5, 5.41) is 2.95. The quantitative estimate of drug-likeness (QED) is 0.744. The number of aromatic nitrogens is 2. The van der Waals surface area contributed by atoms with Gasteiger partial charge in [-0.3, -0.25) is 4.79 Å². The Labute approximate surface area is 143 Å². The fourth-order valence-electron chi connectivity index (χ4n) is 2.57. The van der Waals surface area contributed by atoms with Gasteiger partial charge in [0.05, 0.1) is 17.6 Å². The summed E-state index contributed by atoms with van der Waals surface area (Å²) in [6.07, 6.45) is 1.20. The van der Waals surface area contributed by atoms with Gasteiger partial charge in [0.25, 0.3) is 0 Å². The molecule has 5 heteroatoms. The maximum Gasteiger partial charge on any atom is 0.220 e. The van der Waals surface area contributed by atoms with Gasteiger partial charge in [-0.2, -0.15) is 0 Å². The largest absolute Gasteiger partial charge is 0.349 e. The van der Waals surface area contributed by atoms with E-state index in [0.29, 0.717) is 13.0 Å². The minimum atomic E-state index is 0.0389. The number of aryl methyl sites for hydroxylation is 2. The number of halogens is 1. The van der Waals surface area contributed by atoms with Crippen LogP contribution in [0.1, 0.15) is 17.8 Å². The molecule has 0 saturated heterocycles. The van der Waals surface area contributed by atoms with E-state index in [1.165, 1.54) is 0 Å². The molecule has 1 amide bonds. The Morgan fingerprint density at radius 3 is 2.83 bits per heavy atom. The lowest BCUT2D eigenvalue weighted by Gasteiger charge is -2.06. The number of nitrogens with one attached hydrogen (secondary N) is 1. The second-order valence-corrected chi connectivity index (χ2v) is 6.40. The van der Waals surface area contributed by atoms with Crippen LogP contribution in [0.3, 0.4) is 0 Å². The molecule has 1 aromatic heterocycles. The Balaban J connectivity index is 1.57. The van der Waals surface area contributed by atoms with Crippen LogP contribution in [-0.2, 0) is 24.8 Å². The summed E-state index contributed by atoms with van der Waals surface area (Å²) in [5.74, 6) is 0.902. The first kappa shape index (κ1) is 15.7. The number of hydrogen-bond donors (Lipinski definition) is 1. The van der Waals surface area contributed by atoms with Crippen molar-refractivity contribution >= 4 is 32.9 Å². The van der Waals surface area contributed by atoms with E-state index in [2.05, 4.69) is 26.2 Å². The molecule has 23 heavy (non-hydrogen) atoms. The molecule has 3 rings (SSSR count). The van der Waals surface area contributed by atoms with Gasteiger partial charge in [0.1, 0.15) is 5.82 Å². The number of hydrogen-bond acceptors (Lipinski definition) is 2. The van der Waals surface area contributed by atoms with Gasteiger partial charge in [0.2, 0.25) is 5.91 Å². The van der Waals surface area contributed by atoms with Crippen LogP contribution >= 0.6 is 15.9 Å². The average Bonchev–Trinajstić information content (AvgIpc) is 2.88. The van der Waals surface area contributed by atoms with E-state index in [0.717, 1.165) is 33.3 Å². The zero-order chi connectivity index (χ0) is 16.2. The first-order valence-corrected chi connectivity index (χ1v) is 8.34. The van der Waals surface area contributed by atoms with Gasteiger partial charge < -0.3 is 9.88 Å². The van der Waals surface area contributed by atoms with Gasteiger partial charge in [0, 0.05) is 17.9 Å². The number of rotatable bonds is 5. The predicted molar refractivity (Wildman–Crippen MR) is 95.0 cm³/mol. The summed E-state index contributed by atoms with van der Waals surface area (Å²) >= 11 is 3.44. The Morgan fingerprint density at radius 2 is 2.04 bits per heavy atom. The van der Waals surface area contributed by atoms with Gasteiger partial charge in [0.15, 0.2) is 0 Å². The molecule has 0 bridgehead atoms. The Morgan fingerprint density at radius 1 is 1.22 bits per heavy atom. The fourth-order valence-corrected chi connectivity index (χ4v) is 3.02. The van der Waals surface area contributed by atoms with Gasteiger partial charge >= 0.3 is 0 Å². The van der Waals surface area contributed by atoms with Crippen LogP contribution in [0.4, 0.5) is 0 Å². The molecule has 0 aliphatic rings. The van der Waals surface area contributed by atoms with E-state index in [1.807, 2.05) is 60.1 Å². The smallest absolute Gasteiger partial charge is 0.220 e. The molecule has 0 fully saturated rings. The third-order valence-electron chi connectivity index (χ3n) is 3.85. The van der Waals surface area contributed by atoms with E-state index in [1.54, 1.807) is 0 Å². The lowest BCUT2D eigenvalue weighted by Crippen LogP contribution is -2.24. The van der Waals surface area contributed by atoms with Crippen molar-refractivity contribution in [2.24, 2.45) is 7.05 Å². The Bertz CT molecular complexity index is 841. The molecule has 1 heterocycles. The highest BCUT2D eigenvalue weighted by molar-refractivity contribution is 9.10. The summed E-state index contributed by atoms with van der Waals surface area (Å²) in [6, 6.07) is 16.0. The normalized spacial score (nSPS) is 10.9. The topological polar surface area (TPSA) is 46.9 Å². The molecule has 4 nitrogen and oxygen atoms in total. The number of nitrogens with zero attached hydrogens (tertiary/aromatic N) is 2. The van der Waals surface area contributed by atoms with Gasteiger partial charge in [-0.25, -0.2) is 4.98 Å². The monoisotopic (exact) mass is 371 g/mol. The maximum absolute atomic E-state index is 12.0. The lowest BCUT2D eigenvalue weighted by molar-refractivity contribution is -0.121. The van der Waals surface area contributed by atoms with E-state index >= 15 is 0 Å². The van der Waals surface area contributed by atoms with Gasteiger partial charge in [-0.1, -0.05) is 40.2 Å². The van der Waals surface area contributed by atoms with Crippen LogP contribution in [-0.4, -0.2) is 15.5 Å². The lowest BCUT2D eigenvalue weighted by atomic mass is 10.1. The summed E-state index contributed by atoms with van der Waals surface area (Å²) < 4.78 is 3.05. The second kappa shape index (κ2) is 6.96. The summed E-state index contributed by atoms with van der Waals surface area (Å²) in [7, 11) is 1.97. The SMILES string of the molecule is Cn1c(CNC(=O)CCc2cccc(Br)c2)nc2ccccc21. The number of imidazole rings is 1. The van der Waals surface area contributed by atoms with Crippen LogP contribution in [0, 0.1) is 0 Å². The second-order valence-electron chi connectivity index (χ2n) is 5.48. The minimum Gasteiger partial charge on any atom is -0.349 e. The first-order valence-electron chi connectivity index (χ1n) is 7.55. The summed E-state index contributed by atoms with van der Waals surface area (Å²) in [4.78, 5) is 16.6. The highest BCUT2D eigenvalue weighted by Crippen LogP contribution is 2.14. The zero-order valence-corrected chi connectivity index (χ0v) is 14.5. The van der Waals surface area contributed by atoms with Crippen molar-refractivity contribution in [1.29, 1.82) is 0 Å². The van der Waals surface area contributed by atoms with Crippen molar-refractivity contribution in [3.05, 3.63) is 64.4 Å². The number of amides is 1. The van der Waals surface area contributed by atoms with Crippen molar-refractivity contribution < 1.29 is 4.79 Å². The van der Waals surface area contributed by atoms with Crippen LogP contribution < -0.4 is 5.32 Å². The molecule has 0 aliphatic carbocycles. The molecule has 0 unspecified atom stereocenters. The highest BCUT2D eigenvalue weighted by Gasteiger charge is 2.08. The number of para-hydroxylation sites is 2. The molecular formula is C18H18BrN3O. The first-order chi connectivity index (χ1) is 11.1. The third-order valence-corrected chi connectivity index (χ3v) is 4.35. The Hall–Kier alpha value is -2.14. The van der Waals surface area contributed by atoms with Crippen LogP contribution in [0.2, 0.25) is 0 Å². The van der Waals surface area contributed by atoms with Crippen molar-refractivity contribution in [1.82, 2.24) is 14.9 Å². The molecule has 0 radical (unpaired) electrons. The van der Waals surface area contributed by atoms with Crippen LogP contribution in [0.25, 0.3) is 11.0 Å². The molecule has 0 saturated carbocycles. The standard InChI is InChI=1S/C18H18BrN3O/c1-22-16-8-3-2-7-15(16)21-17(22)12-20-18(23)10-9-13-5-4-6-14(19)11-13/h2-8,11H,9-10,12H2,1H3,(H,20,23). The van der Waals surface area contributed by atoms with Crippen molar-refractivity contribution in [3.63, 3.8) is 0 Å². The number of carbonyl (C=O) groups excluding carboxylic acids is 1. The molecule has 1 N–H and O–H groups in total.